The second-order valence-electron chi connectivity index (χ2n) is 7.96. The standard InChI is InChI=1S/C20H25F6N5O3/c1-3-5-29-16(32)15(27)12(6-28-4-2)7-30-8-13-10-31(11-14(13)9-30)18(33)34-17(19(21,22)23)20(24,25)26/h1,6,13-14,17,27-28H,4-5,7-11H2,2H3,(H,29,32)/b12-6-,27-15?. The number of halogens is 6. The molecule has 0 bridgehead atoms. The number of ether oxygens (including phenoxy) is 1. The first-order valence-corrected chi connectivity index (χ1v) is 10.3. The zero-order valence-electron chi connectivity index (χ0n) is 18.2. The van der Waals surface area contributed by atoms with Crippen LogP contribution in [0.5, 0.6) is 0 Å². The number of nitrogens with zero attached hydrogens (tertiary/aromatic N) is 2. The molecule has 2 fully saturated rings. The predicted molar refractivity (Wildman–Crippen MR) is 109 cm³/mol. The molecule has 0 aromatic heterocycles. The summed E-state index contributed by atoms with van der Waals surface area (Å²) < 4.78 is 79.7. The maximum absolute atomic E-state index is 12.7. The fourth-order valence-corrected chi connectivity index (χ4v) is 3.89. The van der Waals surface area contributed by atoms with E-state index in [0.29, 0.717) is 25.2 Å². The summed E-state index contributed by atoms with van der Waals surface area (Å²) in [5.41, 5.74) is 0.0922. The Balaban J connectivity index is 1.97. The quantitative estimate of drug-likeness (QED) is 0.270. The molecule has 2 heterocycles. The highest BCUT2D eigenvalue weighted by molar-refractivity contribution is 6.44. The Bertz CT molecular complexity index is 823. The van der Waals surface area contributed by atoms with Crippen molar-refractivity contribution < 1.29 is 40.7 Å². The minimum absolute atomic E-state index is 0.0426. The largest absolute Gasteiger partial charge is 0.434 e. The molecule has 2 unspecified atom stereocenters. The van der Waals surface area contributed by atoms with E-state index in [9.17, 15) is 35.9 Å². The third-order valence-corrected chi connectivity index (χ3v) is 5.41. The van der Waals surface area contributed by atoms with Gasteiger partial charge in [0.2, 0.25) is 0 Å². The third-order valence-electron chi connectivity index (χ3n) is 5.41. The number of carbonyl (C=O) groups is 2. The van der Waals surface area contributed by atoms with Gasteiger partial charge < -0.3 is 20.3 Å². The molecule has 0 saturated carbocycles. The van der Waals surface area contributed by atoms with E-state index < -0.39 is 30.5 Å². The average molecular weight is 497 g/mol. The number of fused-ring (bicyclic) bond motifs is 1. The first-order chi connectivity index (χ1) is 15.8. The number of terminal acetylenes is 1. The molecule has 2 atom stereocenters. The van der Waals surface area contributed by atoms with Crippen LogP contribution in [0.25, 0.3) is 0 Å². The summed E-state index contributed by atoms with van der Waals surface area (Å²) in [5.74, 6) is 1.18. The SMILES string of the molecule is C#CCNC(=O)C(=N)/C(=C\NCC)CN1CC2CN(C(=O)OC(C(F)(F)F)C(F)(F)F)CC2C1. The van der Waals surface area contributed by atoms with Gasteiger partial charge in [-0.05, 0) is 18.8 Å². The summed E-state index contributed by atoms with van der Waals surface area (Å²) in [4.78, 5) is 26.8. The maximum atomic E-state index is 12.7. The van der Waals surface area contributed by atoms with Crippen molar-refractivity contribution >= 4 is 17.7 Å². The van der Waals surface area contributed by atoms with Gasteiger partial charge in [-0.3, -0.25) is 15.1 Å². The maximum Gasteiger partial charge on any atom is 0.434 e. The van der Waals surface area contributed by atoms with Crippen molar-refractivity contribution in [1.29, 1.82) is 5.41 Å². The lowest BCUT2D eigenvalue weighted by atomic mass is 10.0. The Morgan fingerprint density at radius 1 is 1.15 bits per heavy atom. The smallest absolute Gasteiger partial charge is 0.426 e. The van der Waals surface area contributed by atoms with Gasteiger partial charge in [-0.2, -0.15) is 26.3 Å². The van der Waals surface area contributed by atoms with Crippen LogP contribution in [-0.2, 0) is 9.53 Å². The normalized spacial score (nSPS) is 21.3. The van der Waals surface area contributed by atoms with Crippen LogP contribution in [-0.4, -0.2) is 91.8 Å². The topological polar surface area (TPSA) is 97.8 Å². The van der Waals surface area contributed by atoms with Crippen LogP contribution in [0.15, 0.2) is 11.8 Å². The zero-order valence-corrected chi connectivity index (χ0v) is 18.2. The molecule has 2 rings (SSSR count). The molecule has 0 aromatic carbocycles. The molecule has 2 amide bonds. The first kappa shape index (κ1) is 27.3. The van der Waals surface area contributed by atoms with Crippen molar-refractivity contribution in [3.8, 4) is 12.3 Å². The van der Waals surface area contributed by atoms with E-state index in [1.807, 2.05) is 11.8 Å². The van der Waals surface area contributed by atoms with Crippen LogP contribution in [0.2, 0.25) is 0 Å². The fourth-order valence-electron chi connectivity index (χ4n) is 3.89. The molecule has 190 valence electrons. The van der Waals surface area contributed by atoms with Gasteiger partial charge >= 0.3 is 18.4 Å². The van der Waals surface area contributed by atoms with E-state index in [0.717, 1.165) is 4.90 Å². The molecule has 14 heteroatoms. The van der Waals surface area contributed by atoms with Crippen molar-refractivity contribution in [3.05, 3.63) is 11.8 Å². The summed E-state index contributed by atoms with van der Waals surface area (Å²) in [6.07, 6.45) is -10.8. The number of hydrogen-bond donors (Lipinski definition) is 3. The summed E-state index contributed by atoms with van der Waals surface area (Å²) in [6, 6.07) is 0. The highest BCUT2D eigenvalue weighted by Crippen LogP contribution is 2.37. The Labute approximate surface area is 192 Å². The van der Waals surface area contributed by atoms with Crippen LogP contribution in [0, 0.1) is 29.6 Å². The van der Waals surface area contributed by atoms with Gasteiger partial charge in [0.05, 0.1) is 6.54 Å². The molecular weight excluding hydrogens is 472 g/mol. The number of hydrogen-bond acceptors (Lipinski definition) is 6. The number of likely N-dealkylation sites (tertiary alicyclic amines) is 2. The number of nitrogens with one attached hydrogen (secondary N) is 3. The number of amides is 2. The summed E-state index contributed by atoms with van der Waals surface area (Å²) in [7, 11) is 0. The van der Waals surface area contributed by atoms with E-state index in [4.69, 9.17) is 11.8 Å². The van der Waals surface area contributed by atoms with E-state index in [1.54, 1.807) is 0 Å². The van der Waals surface area contributed by atoms with E-state index in [2.05, 4.69) is 21.3 Å². The molecule has 2 aliphatic heterocycles. The van der Waals surface area contributed by atoms with Crippen molar-refractivity contribution in [1.82, 2.24) is 20.4 Å². The highest BCUT2D eigenvalue weighted by atomic mass is 19.4. The Kier molecular flexibility index (Phi) is 8.82. The molecule has 34 heavy (non-hydrogen) atoms. The molecule has 0 radical (unpaired) electrons. The van der Waals surface area contributed by atoms with Crippen LogP contribution in [0.1, 0.15) is 6.92 Å². The van der Waals surface area contributed by atoms with Gasteiger partial charge in [-0.25, -0.2) is 4.79 Å². The van der Waals surface area contributed by atoms with E-state index in [-0.39, 0.29) is 43.7 Å². The molecule has 8 nitrogen and oxygen atoms in total. The Morgan fingerprint density at radius 2 is 1.71 bits per heavy atom. The molecule has 0 aromatic rings. The summed E-state index contributed by atoms with van der Waals surface area (Å²) in [6.45, 7) is 3.16. The van der Waals surface area contributed by atoms with Gasteiger partial charge in [0.15, 0.2) is 0 Å². The van der Waals surface area contributed by atoms with Crippen LogP contribution in [0.4, 0.5) is 31.1 Å². The van der Waals surface area contributed by atoms with Gasteiger partial charge in [0.1, 0.15) is 5.71 Å². The zero-order chi connectivity index (χ0) is 25.7. The number of rotatable bonds is 8. The lowest BCUT2D eigenvalue weighted by Crippen LogP contribution is -2.48. The first-order valence-electron chi connectivity index (χ1n) is 10.3. The van der Waals surface area contributed by atoms with Gasteiger partial charge in [0, 0.05) is 51.0 Å². The number of carbonyl (C=O) groups excluding carboxylic acids is 2. The minimum atomic E-state index is -5.77. The molecule has 3 N–H and O–H groups in total. The fraction of sp³-hybridized carbons (Fsp3) is 0.650. The van der Waals surface area contributed by atoms with Gasteiger partial charge in [-0.15, -0.1) is 6.42 Å². The second kappa shape index (κ2) is 11.0. The monoisotopic (exact) mass is 497 g/mol. The lowest BCUT2D eigenvalue weighted by Gasteiger charge is -2.26. The van der Waals surface area contributed by atoms with Crippen molar-refractivity contribution in [3.63, 3.8) is 0 Å². The predicted octanol–water partition coefficient (Wildman–Crippen LogP) is 1.74. The Morgan fingerprint density at radius 3 is 2.18 bits per heavy atom. The summed E-state index contributed by atoms with van der Waals surface area (Å²) in [5, 5.41) is 13.4. The molecule has 2 aliphatic rings. The molecular formula is C20H25F6N5O3. The second-order valence-corrected chi connectivity index (χ2v) is 7.96. The van der Waals surface area contributed by atoms with Crippen molar-refractivity contribution in [2.75, 3.05) is 45.8 Å². The molecule has 0 spiro atoms. The van der Waals surface area contributed by atoms with Crippen LogP contribution >= 0.6 is 0 Å². The molecule has 0 aliphatic carbocycles. The minimum Gasteiger partial charge on any atom is -0.426 e. The third kappa shape index (κ3) is 7.02. The van der Waals surface area contributed by atoms with Gasteiger partial charge in [-0.1, -0.05) is 5.92 Å². The van der Waals surface area contributed by atoms with Crippen molar-refractivity contribution in [2.24, 2.45) is 11.8 Å². The van der Waals surface area contributed by atoms with Crippen LogP contribution < -0.4 is 10.6 Å². The number of alkyl halides is 6. The van der Waals surface area contributed by atoms with Gasteiger partial charge in [0.25, 0.3) is 12.0 Å². The Hall–Kier alpha value is -2.95. The van der Waals surface area contributed by atoms with E-state index >= 15 is 0 Å². The molecule has 2 saturated heterocycles. The van der Waals surface area contributed by atoms with Crippen LogP contribution in [0.3, 0.4) is 0 Å². The lowest BCUT2D eigenvalue weighted by molar-refractivity contribution is -0.308. The summed E-state index contributed by atoms with van der Waals surface area (Å²) >= 11 is 0. The highest BCUT2D eigenvalue weighted by Gasteiger charge is 2.60. The van der Waals surface area contributed by atoms with E-state index in [1.165, 1.54) is 6.20 Å². The average Bonchev–Trinajstić information content (AvgIpc) is 3.29. The van der Waals surface area contributed by atoms with Crippen molar-refractivity contribution in [2.45, 2.75) is 25.4 Å².